The standard InChI is InChI=1S/C11H14N2O3/c1-7(10(5-12)6-13)11(8(2)14)9(3)16-15-4/h9,14H,1-4H3/b11-8-. The second kappa shape index (κ2) is 6.62. The predicted octanol–water partition coefficient (Wildman–Crippen LogP) is 2.15. The van der Waals surface area contributed by atoms with Crippen LogP contribution in [0.4, 0.5) is 0 Å². The van der Waals surface area contributed by atoms with Crippen molar-refractivity contribution in [3.8, 4) is 12.1 Å². The summed E-state index contributed by atoms with van der Waals surface area (Å²) in [7, 11) is 1.34. The van der Waals surface area contributed by atoms with Gasteiger partial charge < -0.3 is 5.11 Å². The van der Waals surface area contributed by atoms with E-state index in [9.17, 15) is 5.11 Å². The van der Waals surface area contributed by atoms with Crippen LogP contribution < -0.4 is 0 Å². The van der Waals surface area contributed by atoms with Gasteiger partial charge in [-0.1, -0.05) is 0 Å². The normalized spacial score (nSPS) is 13.1. The van der Waals surface area contributed by atoms with E-state index in [-0.39, 0.29) is 11.3 Å². The summed E-state index contributed by atoms with van der Waals surface area (Å²) in [6, 6.07) is 3.52. The molecule has 0 aliphatic carbocycles. The Labute approximate surface area is 94.7 Å². The summed E-state index contributed by atoms with van der Waals surface area (Å²) in [6.07, 6.45) is -0.563. The van der Waals surface area contributed by atoms with Crippen LogP contribution in [0.5, 0.6) is 0 Å². The lowest BCUT2D eigenvalue weighted by molar-refractivity contribution is -0.291. The Balaban J connectivity index is 5.47. The van der Waals surface area contributed by atoms with E-state index in [4.69, 9.17) is 15.4 Å². The minimum absolute atomic E-state index is 0.00921. The number of nitriles is 2. The van der Waals surface area contributed by atoms with Crippen molar-refractivity contribution in [2.75, 3.05) is 7.11 Å². The molecule has 0 heterocycles. The summed E-state index contributed by atoms with van der Waals surface area (Å²) in [4.78, 5) is 9.35. The van der Waals surface area contributed by atoms with Crippen molar-refractivity contribution >= 4 is 0 Å². The lowest BCUT2D eigenvalue weighted by atomic mass is 9.97. The first kappa shape index (κ1) is 14.2. The van der Waals surface area contributed by atoms with E-state index in [1.807, 2.05) is 0 Å². The van der Waals surface area contributed by atoms with Crippen molar-refractivity contribution in [2.45, 2.75) is 26.9 Å². The highest BCUT2D eigenvalue weighted by molar-refractivity contribution is 5.49. The molecule has 0 spiro atoms. The molecule has 5 nitrogen and oxygen atoms in total. The Morgan fingerprint density at radius 2 is 1.75 bits per heavy atom. The molecular weight excluding hydrogens is 208 g/mol. The van der Waals surface area contributed by atoms with E-state index in [1.54, 1.807) is 26.0 Å². The predicted molar refractivity (Wildman–Crippen MR) is 56.8 cm³/mol. The molecule has 0 aliphatic rings. The van der Waals surface area contributed by atoms with Gasteiger partial charge in [-0.05, 0) is 26.3 Å². The molecule has 0 aliphatic heterocycles. The first-order valence-corrected chi connectivity index (χ1v) is 4.60. The van der Waals surface area contributed by atoms with Gasteiger partial charge in [0.1, 0.15) is 23.8 Å². The molecule has 0 amide bonds. The molecule has 0 bridgehead atoms. The molecule has 0 aromatic heterocycles. The number of aliphatic hydroxyl groups is 1. The van der Waals surface area contributed by atoms with E-state index in [0.717, 1.165) is 0 Å². The molecule has 0 radical (unpaired) electrons. The zero-order valence-electron chi connectivity index (χ0n) is 9.74. The number of rotatable bonds is 4. The quantitative estimate of drug-likeness (QED) is 0.259. The average Bonchev–Trinajstić information content (AvgIpc) is 2.19. The molecule has 0 rings (SSSR count). The third-order valence-corrected chi connectivity index (χ3v) is 2.04. The van der Waals surface area contributed by atoms with E-state index < -0.39 is 6.10 Å². The molecule has 0 saturated carbocycles. The molecule has 0 saturated heterocycles. The second-order valence-corrected chi connectivity index (χ2v) is 3.13. The average molecular weight is 222 g/mol. The summed E-state index contributed by atoms with van der Waals surface area (Å²) < 4.78 is 0. The molecule has 1 N–H and O–H groups in total. The van der Waals surface area contributed by atoms with Crippen LogP contribution in [0.3, 0.4) is 0 Å². The van der Waals surface area contributed by atoms with Crippen LogP contribution in [0.1, 0.15) is 20.8 Å². The lowest BCUT2D eigenvalue weighted by Gasteiger charge is -2.16. The minimum atomic E-state index is -0.563. The fourth-order valence-corrected chi connectivity index (χ4v) is 1.39. The molecule has 86 valence electrons. The summed E-state index contributed by atoms with van der Waals surface area (Å²) in [5.74, 6) is -0.00921. The number of nitrogens with zero attached hydrogens (tertiary/aromatic N) is 2. The van der Waals surface area contributed by atoms with Gasteiger partial charge in [-0.25, -0.2) is 9.78 Å². The van der Waals surface area contributed by atoms with E-state index in [1.165, 1.54) is 14.0 Å². The van der Waals surface area contributed by atoms with Gasteiger partial charge >= 0.3 is 0 Å². The molecule has 0 aromatic carbocycles. The Morgan fingerprint density at radius 1 is 1.25 bits per heavy atom. The summed E-state index contributed by atoms with van der Waals surface area (Å²) in [5, 5.41) is 27.0. The fourth-order valence-electron chi connectivity index (χ4n) is 1.39. The monoisotopic (exact) mass is 222 g/mol. The van der Waals surface area contributed by atoms with Crippen LogP contribution in [0.2, 0.25) is 0 Å². The zero-order valence-corrected chi connectivity index (χ0v) is 9.74. The van der Waals surface area contributed by atoms with Gasteiger partial charge in [-0.3, -0.25) is 0 Å². The van der Waals surface area contributed by atoms with Crippen LogP contribution in [-0.2, 0) is 9.78 Å². The first-order valence-electron chi connectivity index (χ1n) is 4.60. The first-order chi connectivity index (χ1) is 7.49. The third kappa shape index (κ3) is 3.39. The molecule has 16 heavy (non-hydrogen) atoms. The smallest absolute Gasteiger partial charge is 0.133 e. The van der Waals surface area contributed by atoms with Crippen LogP contribution in [0, 0.1) is 22.7 Å². The van der Waals surface area contributed by atoms with Crippen LogP contribution in [0.25, 0.3) is 0 Å². The maximum absolute atomic E-state index is 9.51. The topological polar surface area (TPSA) is 86.3 Å². The minimum Gasteiger partial charge on any atom is -0.512 e. The SMILES string of the molecule is COOC(C)/C(C(C)=C(C#N)C#N)=C(/C)O. The number of aliphatic hydroxyl groups excluding tert-OH is 1. The van der Waals surface area contributed by atoms with Gasteiger partial charge in [-0.15, -0.1) is 0 Å². The number of allylic oxidation sites excluding steroid dienone is 2. The van der Waals surface area contributed by atoms with Crippen molar-refractivity contribution in [1.29, 1.82) is 10.5 Å². The summed E-state index contributed by atoms with van der Waals surface area (Å²) in [6.45, 7) is 4.68. The zero-order chi connectivity index (χ0) is 12.7. The van der Waals surface area contributed by atoms with Crippen LogP contribution >= 0.6 is 0 Å². The molecule has 5 heteroatoms. The van der Waals surface area contributed by atoms with Gasteiger partial charge in [0.2, 0.25) is 0 Å². The number of hydrogen-bond acceptors (Lipinski definition) is 5. The van der Waals surface area contributed by atoms with Crippen LogP contribution in [-0.4, -0.2) is 18.3 Å². The summed E-state index contributed by atoms with van der Waals surface area (Å²) in [5.41, 5.74) is 0.699. The maximum atomic E-state index is 9.51. The molecule has 0 aromatic rings. The highest BCUT2D eigenvalue weighted by atomic mass is 17.2. The fraction of sp³-hybridized carbons (Fsp3) is 0.455. The van der Waals surface area contributed by atoms with E-state index >= 15 is 0 Å². The highest BCUT2D eigenvalue weighted by Crippen LogP contribution is 2.22. The van der Waals surface area contributed by atoms with Gasteiger partial charge in [-0.2, -0.15) is 10.5 Å². The van der Waals surface area contributed by atoms with Crippen molar-refractivity contribution in [3.05, 3.63) is 22.5 Å². The lowest BCUT2D eigenvalue weighted by Crippen LogP contribution is -2.14. The molecule has 1 atom stereocenters. The van der Waals surface area contributed by atoms with Gasteiger partial charge in [0.15, 0.2) is 0 Å². The van der Waals surface area contributed by atoms with E-state index in [2.05, 4.69) is 4.89 Å². The van der Waals surface area contributed by atoms with Gasteiger partial charge in [0, 0.05) is 5.57 Å². The molecule has 0 fully saturated rings. The van der Waals surface area contributed by atoms with Crippen molar-refractivity contribution < 1.29 is 14.9 Å². The van der Waals surface area contributed by atoms with Crippen molar-refractivity contribution in [2.24, 2.45) is 0 Å². The van der Waals surface area contributed by atoms with E-state index in [0.29, 0.717) is 11.1 Å². The summed E-state index contributed by atoms with van der Waals surface area (Å²) >= 11 is 0. The maximum Gasteiger partial charge on any atom is 0.133 e. The van der Waals surface area contributed by atoms with Crippen molar-refractivity contribution in [1.82, 2.24) is 0 Å². The largest absolute Gasteiger partial charge is 0.512 e. The molecule has 1 unspecified atom stereocenters. The van der Waals surface area contributed by atoms with Crippen molar-refractivity contribution in [3.63, 3.8) is 0 Å². The Bertz CT molecular complexity index is 376. The Kier molecular flexibility index (Phi) is 5.87. The Hall–Kier alpha value is -1.82. The van der Waals surface area contributed by atoms with Crippen LogP contribution in [0.15, 0.2) is 22.5 Å². The molecular formula is C11H14N2O3. The Morgan fingerprint density at radius 3 is 2.06 bits per heavy atom. The highest BCUT2D eigenvalue weighted by Gasteiger charge is 2.18. The van der Waals surface area contributed by atoms with Gasteiger partial charge in [0.05, 0.1) is 12.9 Å². The number of hydrogen-bond donors (Lipinski definition) is 1. The third-order valence-electron chi connectivity index (χ3n) is 2.04. The van der Waals surface area contributed by atoms with Gasteiger partial charge in [0.25, 0.3) is 0 Å². The second-order valence-electron chi connectivity index (χ2n) is 3.13.